The molecule has 0 radical (unpaired) electrons. The van der Waals surface area contributed by atoms with Crippen molar-refractivity contribution in [3.63, 3.8) is 0 Å². The lowest BCUT2D eigenvalue weighted by Gasteiger charge is -2.14. The molecule has 0 aliphatic carbocycles. The van der Waals surface area contributed by atoms with Crippen molar-refractivity contribution in [2.75, 3.05) is 10.0 Å². The highest BCUT2D eigenvalue weighted by atomic mass is 35.5. The van der Waals surface area contributed by atoms with Crippen molar-refractivity contribution in [1.29, 1.82) is 0 Å². The van der Waals surface area contributed by atoms with Gasteiger partial charge < -0.3 is 5.32 Å². The second-order valence-corrected chi connectivity index (χ2v) is 9.15. The molecule has 0 fully saturated rings. The largest absolute Gasteiger partial charge is 0.337 e. The number of hydrogen-bond donors (Lipinski definition) is 2. The SMILES string of the molecule is O=S(=O)(Nc1nc2ccccc2nc1Nc1cccc(Cl)c1)c1cccc2nsnc12. The minimum Gasteiger partial charge on any atom is -0.337 e. The normalized spacial score (nSPS) is 11.6. The summed E-state index contributed by atoms with van der Waals surface area (Å²) in [5.74, 6) is 0.298. The predicted molar refractivity (Wildman–Crippen MR) is 122 cm³/mol. The Morgan fingerprint density at radius 2 is 1.52 bits per heavy atom. The van der Waals surface area contributed by atoms with E-state index in [1.807, 2.05) is 6.07 Å². The first-order valence-corrected chi connectivity index (χ1v) is 11.6. The van der Waals surface area contributed by atoms with Gasteiger partial charge in [0, 0.05) is 10.7 Å². The first kappa shape index (κ1) is 19.6. The summed E-state index contributed by atoms with van der Waals surface area (Å²) < 4.78 is 37.2. The quantitative estimate of drug-likeness (QED) is 0.380. The molecule has 0 saturated carbocycles. The van der Waals surface area contributed by atoms with Gasteiger partial charge in [0.2, 0.25) is 0 Å². The Balaban J connectivity index is 1.62. The second kappa shape index (κ2) is 7.73. The van der Waals surface area contributed by atoms with Gasteiger partial charge in [0.05, 0.1) is 22.8 Å². The van der Waals surface area contributed by atoms with E-state index in [1.165, 1.54) is 6.07 Å². The number of halogens is 1. The Morgan fingerprint density at radius 3 is 2.29 bits per heavy atom. The molecule has 3 aromatic carbocycles. The standard InChI is InChI=1S/C20H13ClN6O2S2/c21-12-5-3-6-13(11-12)22-19-20(24-15-8-2-1-7-14(15)23-19)27-31(28,29)17-10-4-9-16-18(17)26-30-25-16/h1-11H,(H,22,23)(H,24,27). The number of fused-ring (bicyclic) bond motifs is 2. The molecule has 11 heteroatoms. The molecular formula is C20H13ClN6O2S2. The third-order valence-corrected chi connectivity index (χ3v) is 6.58. The van der Waals surface area contributed by atoms with Gasteiger partial charge in [0.25, 0.3) is 10.0 Å². The maximum Gasteiger partial charge on any atom is 0.265 e. The lowest BCUT2D eigenvalue weighted by atomic mass is 10.3. The van der Waals surface area contributed by atoms with E-state index in [0.29, 0.717) is 32.8 Å². The number of nitrogens with zero attached hydrogens (tertiary/aromatic N) is 4. The van der Waals surface area contributed by atoms with Crippen molar-refractivity contribution >= 4 is 72.7 Å². The van der Waals surface area contributed by atoms with Crippen molar-refractivity contribution in [3.8, 4) is 0 Å². The molecule has 8 nitrogen and oxygen atoms in total. The fourth-order valence-corrected chi connectivity index (χ4v) is 5.01. The van der Waals surface area contributed by atoms with E-state index in [0.717, 1.165) is 11.7 Å². The van der Waals surface area contributed by atoms with Crippen LogP contribution in [0.15, 0.2) is 71.6 Å². The maximum atomic E-state index is 13.2. The van der Waals surface area contributed by atoms with Gasteiger partial charge in [0.1, 0.15) is 15.9 Å². The molecule has 0 unspecified atom stereocenters. The highest BCUT2D eigenvalue weighted by molar-refractivity contribution is 7.93. The molecule has 5 rings (SSSR count). The van der Waals surface area contributed by atoms with Crippen LogP contribution in [-0.2, 0) is 10.0 Å². The molecule has 0 saturated heterocycles. The number of anilines is 3. The van der Waals surface area contributed by atoms with E-state index in [4.69, 9.17) is 11.6 Å². The van der Waals surface area contributed by atoms with Gasteiger partial charge in [-0.05, 0) is 42.5 Å². The zero-order valence-electron chi connectivity index (χ0n) is 15.7. The summed E-state index contributed by atoms with van der Waals surface area (Å²) in [6.07, 6.45) is 0. The fourth-order valence-electron chi connectivity index (χ4n) is 3.04. The van der Waals surface area contributed by atoms with Crippen LogP contribution in [0.2, 0.25) is 5.02 Å². The Kier molecular flexibility index (Phi) is 4.89. The van der Waals surface area contributed by atoms with Crippen LogP contribution in [0.25, 0.3) is 22.1 Å². The molecule has 0 aliphatic heterocycles. The molecule has 2 heterocycles. The lowest BCUT2D eigenvalue weighted by Crippen LogP contribution is -2.16. The molecule has 2 aromatic heterocycles. The molecule has 0 bridgehead atoms. The van der Waals surface area contributed by atoms with Crippen LogP contribution < -0.4 is 10.0 Å². The van der Waals surface area contributed by atoms with Crippen LogP contribution in [0.1, 0.15) is 0 Å². The smallest absolute Gasteiger partial charge is 0.265 e. The van der Waals surface area contributed by atoms with Gasteiger partial charge in [-0.3, -0.25) is 4.72 Å². The molecular weight excluding hydrogens is 456 g/mol. The highest BCUT2D eigenvalue weighted by Gasteiger charge is 2.22. The zero-order valence-corrected chi connectivity index (χ0v) is 18.0. The average molecular weight is 469 g/mol. The third kappa shape index (κ3) is 3.88. The molecule has 5 aromatic rings. The number of aromatic nitrogens is 4. The first-order chi connectivity index (χ1) is 15.0. The number of nitrogens with one attached hydrogen (secondary N) is 2. The molecule has 31 heavy (non-hydrogen) atoms. The maximum absolute atomic E-state index is 13.2. The van der Waals surface area contributed by atoms with Gasteiger partial charge in [-0.1, -0.05) is 35.9 Å². The van der Waals surface area contributed by atoms with Gasteiger partial charge in [-0.25, -0.2) is 18.4 Å². The monoisotopic (exact) mass is 468 g/mol. The van der Waals surface area contributed by atoms with E-state index < -0.39 is 10.0 Å². The van der Waals surface area contributed by atoms with Crippen molar-refractivity contribution in [3.05, 3.63) is 71.8 Å². The van der Waals surface area contributed by atoms with E-state index >= 15 is 0 Å². The van der Waals surface area contributed by atoms with E-state index in [-0.39, 0.29) is 16.5 Å². The van der Waals surface area contributed by atoms with Crippen LogP contribution in [0.4, 0.5) is 17.3 Å². The van der Waals surface area contributed by atoms with E-state index in [1.54, 1.807) is 54.6 Å². The average Bonchev–Trinajstić information content (AvgIpc) is 3.23. The van der Waals surface area contributed by atoms with Crippen LogP contribution in [-0.4, -0.2) is 27.1 Å². The summed E-state index contributed by atoms with van der Waals surface area (Å²) in [5.41, 5.74) is 2.61. The number of benzene rings is 3. The van der Waals surface area contributed by atoms with Crippen LogP contribution in [0.3, 0.4) is 0 Å². The topological polar surface area (TPSA) is 110 Å². The Morgan fingerprint density at radius 1 is 0.806 bits per heavy atom. The number of hydrogen-bond acceptors (Lipinski definition) is 8. The Hall–Kier alpha value is -3.34. The fraction of sp³-hybridized carbons (Fsp3) is 0. The van der Waals surface area contributed by atoms with Gasteiger partial charge >= 0.3 is 0 Å². The Bertz CT molecular complexity index is 1540. The van der Waals surface area contributed by atoms with Crippen molar-refractivity contribution in [2.24, 2.45) is 0 Å². The van der Waals surface area contributed by atoms with Crippen LogP contribution in [0, 0.1) is 0 Å². The molecule has 154 valence electrons. The van der Waals surface area contributed by atoms with Crippen molar-refractivity contribution < 1.29 is 8.42 Å². The van der Waals surface area contributed by atoms with Gasteiger partial charge in [-0.15, -0.1) is 0 Å². The summed E-state index contributed by atoms with van der Waals surface area (Å²) in [4.78, 5) is 9.07. The van der Waals surface area contributed by atoms with Crippen molar-refractivity contribution in [2.45, 2.75) is 4.90 Å². The minimum atomic E-state index is -4.02. The lowest BCUT2D eigenvalue weighted by molar-refractivity contribution is 0.602. The first-order valence-electron chi connectivity index (χ1n) is 9.03. The Labute approximate surface area is 186 Å². The van der Waals surface area contributed by atoms with Crippen LogP contribution in [0.5, 0.6) is 0 Å². The van der Waals surface area contributed by atoms with Gasteiger partial charge in [0.15, 0.2) is 11.6 Å². The number of rotatable bonds is 5. The van der Waals surface area contributed by atoms with Crippen molar-refractivity contribution in [1.82, 2.24) is 18.7 Å². The summed E-state index contributed by atoms with van der Waals surface area (Å²) in [7, 11) is -4.02. The van der Waals surface area contributed by atoms with Crippen LogP contribution >= 0.6 is 23.3 Å². The number of sulfonamides is 1. The number of para-hydroxylation sites is 2. The molecule has 0 aliphatic rings. The van der Waals surface area contributed by atoms with E-state index in [9.17, 15) is 8.42 Å². The predicted octanol–water partition coefficient (Wildman–Crippen LogP) is 4.83. The zero-order chi connectivity index (χ0) is 21.4. The third-order valence-electron chi connectivity index (χ3n) is 4.43. The second-order valence-electron chi connectivity index (χ2n) is 6.54. The minimum absolute atomic E-state index is 0.0161. The molecule has 0 atom stereocenters. The summed E-state index contributed by atoms with van der Waals surface area (Å²) in [6, 6.07) is 19.0. The van der Waals surface area contributed by atoms with Gasteiger partial charge in [-0.2, -0.15) is 8.75 Å². The molecule has 2 N–H and O–H groups in total. The molecule has 0 amide bonds. The highest BCUT2D eigenvalue weighted by Crippen LogP contribution is 2.29. The molecule has 0 spiro atoms. The summed E-state index contributed by atoms with van der Waals surface area (Å²) >= 11 is 7.03. The van der Waals surface area contributed by atoms with E-state index in [2.05, 4.69) is 28.8 Å². The summed E-state index contributed by atoms with van der Waals surface area (Å²) in [6.45, 7) is 0. The summed E-state index contributed by atoms with van der Waals surface area (Å²) in [5, 5.41) is 3.63.